The number of para-hydroxylation sites is 4. The van der Waals surface area contributed by atoms with Crippen LogP contribution in [-0.4, -0.2) is 16.4 Å². The lowest BCUT2D eigenvalue weighted by Gasteiger charge is -2.29. The second-order valence-electron chi connectivity index (χ2n) is 13.3. The van der Waals surface area contributed by atoms with Crippen molar-refractivity contribution in [2.75, 3.05) is 10.6 Å². The summed E-state index contributed by atoms with van der Waals surface area (Å²) in [7, 11) is 0. The Morgan fingerprint density at radius 1 is 0.500 bits per heavy atom. The molecular weight excluding hydrogens is 633 g/mol. The molecule has 10 rings (SSSR count). The van der Waals surface area contributed by atoms with Crippen LogP contribution in [0.25, 0.3) is 60.5 Å². The van der Waals surface area contributed by atoms with Gasteiger partial charge in [-0.1, -0.05) is 133 Å². The molecule has 1 unspecified atom stereocenters. The van der Waals surface area contributed by atoms with Crippen LogP contribution in [0.4, 0.5) is 17.1 Å². The first-order valence-electron chi connectivity index (χ1n) is 17.8. The van der Waals surface area contributed by atoms with Gasteiger partial charge in [-0.2, -0.15) is 0 Å². The summed E-state index contributed by atoms with van der Waals surface area (Å²) in [6.45, 7) is 0. The molecule has 8 aromatic carbocycles. The summed E-state index contributed by atoms with van der Waals surface area (Å²) in [4.78, 5) is 5.13. The first-order valence-corrected chi connectivity index (χ1v) is 17.8. The highest BCUT2D eigenvalue weighted by molar-refractivity contribution is 6.22. The predicted molar refractivity (Wildman–Crippen MR) is 219 cm³/mol. The van der Waals surface area contributed by atoms with Crippen molar-refractivity contribution in [3.63, 3.8) is 0 Å². The van der Waals surface area contributed by atoms with Crippen molar-refractivity contribution in [2.45, 2.75) is 6.17 Å². The molecule has 0 amide bonds. The van der Waals surface area contributed by atoms with Crippen LogP contribution < -0.4 is 10.6 Å². The Morgan fingerprint density at radius 2 is 1.19 bits per heavy atom. The number of aromatic nitrogens is 1. The minimum absolute atomic E-state index is 0.221. The largest absolute Gasteiger partial charge is 0.360 e. The van der Waals surface area contributed by atoms with E-state index in [0.717, 1.165) is 45.2 Å². The molecule has 9 aromatic rings. The summed E-state index contributed by atoms with van der Waals surface area (Å²) in [5.41, 5.74) is 13.2. The molecule has 1 aliphatic rings. The molecule has 4 heteroatoms. The third kappa shape index (κ3) is 5.12. The Bertz CT molecular complexity index is 2800. The number of nitrogens with zero attached hydrogens (tertiary/aromatic N) is 2. The molecule has 2 N–H and O–H groups in total. The van der Waals surface area contributed by atoms with Gasteiger partial charge in [0.15, 0.2) is 0 Å². The number of benzene rings is 8. The monoisotopic (exact) mass is 666 g/mol. The number of nitrogens with one attached hydrogen (secondary N) is 2. The van der Waals surface area contributed by atoms with E-state index in [9.17, 15) is 0 Å². The van der Waals surface area contributed by atoms with E-state index in [-0.39, 0.29) is 6.17 Å². The minimum Gasteiger partial charge on any atom is -0.360 e. The molecule has 2 heterocycles. The van der Waals surface area contributed by atoms with Crippen molar-refractivity contribution < 1.29 is 0 Å². The SMILES string of the molecule is c1ccc(C2=Nc3ccccc3NC2Nc2ccccc2-c2cccc(-c3ccc4c(c3)c3c5ccccc5ccc3n4-c3ccccc3)c2)cc1. The number of anilines is 2. The Morgan fingerprint density at radius 3 is 2.10 bits per heavy atom. The van der Waals surface area contributed by atoms with E-state index in [1.807, 2.05) is 18.2 Å². The average Bonchev–Trinajstić information content (AvgIpc) is 3.56. The number of hydrogen-bond acceptors (Lipinski definition) is 3. The predicted octanol–water partition coefficient (Wildman–Crippen LogP) is 12.3. The summed E-state index contributed by atoms with van der Waals surface area (Å²) in [5.74, 6) is 0. The Kier molecular flexibility index (Phi) is 7.17. The van der Waals surface area contributed by atoms with Crippen molar-refractivity contribution in [1.82, 2.24) is 4.57 Å². The zero-order chi connectivity index (χ0) is 34.4. The summed E-state index contributed by atoms with van der Waals surface area (Å²) in [5, 5.41) is 12.6. The first kappa shape index (κ1) is 30.0. The number of hydrogen-bond donors (Lipinski definition) is 2. The van der Waals surface area contributed by atoms with Gasteiger partial charge in [0.2, 0.25) is 0 Å². The standard InChI is InChI=1S/C48H34N4/c1-3-15-33(16-4-1)47-48(51-43-25-12-11-24-42(43)49-47)50-41-23-10-9-21-38(41)36-18-13-17-34(30-36)35-27-28-44-40(31-35)46-39-22-8-7-14-32(39)26-29-45(46)52(44)37-19-5-2-6-20-37/h1-31,48,50-51H. The molecule has 0 radical (unpaired) electrons. The molecule has 246 valence electrons. The number of aliphatic imine (C=N–C) groups is 1. The van der Waals surface area contributed by atoms with Gasteiger partial charge in [0.25, 0.3) is 0 Å². The summed E-state index contributed by atoms with van der Waals surface area (Å²) >= 11 is 0. The van der Waals surface area contributed by atoms with Crippen LogP contribution in [0.2, 0.25) is 0 Å². The van der Waals surface area contributed by atoms with Crippen molar-refractivity contribution in [3.05, 3.63) is 194 Å². The summed E-state index contributed by atoms with van der Waals surface area (Å²) in [6, 6.07) is 66.9. The van der Waals surface area contributed by atoms with Crippen molar-refractivity contribution in [3.8, 4) is 27.9 Å². The van der Waals surface area contributed by atoms with E-state index in [4.69, 9.17) is 4.99 Å². The third-order valence-electron chi connectivity index (χ3n) is 10.2. The van der Waals surface area contributed by atoms with Gasteiger partial charge in [-0.15, -0.1) is 0 Å². The molecule has 0 spiro atoms. The molecule has 0 saturated heterocycles. The Labute approximate surface area is 302 Å². The first-order chi connectivity index (χ1) is 25.8. The minimum atomic E-state index is -0.221. The lowest BCUT2D eigenvalue weighted by Crippen LogP contribution is -2.39. The van der Waals surface area contributed by atoms with Crippen LogP contribution in [-0.2, 0) is 0 Å². The quantitative estimate of drug-likeness (QED) is 0.185. The number of fused-ring (bicyclic) bond motifs is 6. The molecule has 1 aliphatic heterocycles. The van der Waals surface area contributed by atoms with E-state index in [1.165, 1.54) is 43.7 Å². The van der Waals surface area contributed by atoms with E-state index < -0.39 is 0 Å². The molecule has 0 bridgehead atoms. The zero-order valence-electron chi connectivity index (χ0n) is 28.4. The normalized spacial score (nSPS) is 13.8. The molecule has 52 heavy (non-hydrogen) atoms. The van der Waals surface area contributed by atoms with Gasteiger partial charge in [-0.25, -0.2) is 4.99 Å². The van der Waals surface area contributed by atoms with Crippen molar-refractivity contribution in [1.29, 1.82) is 0 Å². The molecule has 0 saturated carbocycles. The van der Waals surface area contributed by atoms with Gasteiger partial charge >= 0.3 is 0 Å². The van der Waals surface area contributed by atoms with Crippen LogP contribution in [0.3, 0.4) is 0 Å². The molecule has 1 atom stereocenters. The van der Waals surface area contributed by atoms with Gasteiger partial charge in [0.05, 0.1) is 28.1 Å². The smallest absolute Gasteiger partial charge is 0.141 e. The lowest BCUT2D eigenvalue weighted by molar-refractivity contribution is 1.04. The fourth-order valence-electron chi connectivity index (χ4n) is 7.76. The number of rotatable bonds is 6. The summed E-state index contributed by atoms with van der Waals surface area (Å²) < 4.78 is 2.39. The Hall–Kier alpha value is -6.91. The van der Waals surface area contributed by atoms with Crippen LogP contribution in [0.15, 0.2) is 193 Å². The highest BCUT2D eigenvalue weighted by atomic mass is 15.2. The van der Waals surface area contributed by atoms with E-state index in [0.29, 0.717) is 0 Å². The summed E-state index contributed by atoms with van der Waals surface area (Å²) in [6.07, 6.45) is -0.221. The van der Waals surface area contributed by atoms with E-state index in [2.05, 4.69) is 185 Å². The van der Waals surface area contributed by atoms with E-state index >= 15 is 0 Å². The van der Waals surface area contributed by atoms with Gasteiger partial charge < -0.3 is 15.2 Å². The lowest BCUT2D eigenvalue weighted by atomic mass is 9.96. The molecular formula is C48H34N4. The average molecular weight is 667 g/mol. The van der Waals surface area contributed by atoms with Gasteiger partial charge in [-0.05, 0) is 82.1 Å². The topological polar surface area (TPSA) is 41.4 Å². The zero-order valence-corrected chi connectivity index (χ0v) is 28.4. The highest BCUT2D eigenvalue weighted by Crippen LogP contribution is 2.40. The maximum Gasteiger partial charge on any atom is 0.141 e. The maximum absolute atomic E-state index is 5.13. The maximum atomic E-state index is 5.13. The second-order valence-corrected chi connectivity index (χ2v) is 13.3. The van der Waals surface area contributed by atoms with Crippen molar-refractivity contribution >= 4 is 55.4 Å². The van der Waals surface area contributed by atoms with Crippen LogP contribution >= 0.6 is 0 Å². The Balaban J connectivity index is 1.07. The van der Waals surface area contributed by atoms with Crippen LogP contribution in [0.1, 0.15) is 5.56 Å². The highest BCUT2D eigenvalue weighted by Gasteiger charge is 2.24. The van der Waals surface area contributed by atoms with Crippen LogP contribution in [0.5, 0.6) is 0 Å². The fourth-order valence-corrected chi connectivity index (χ4v) is 7.76. The van der Waals surface area contributed by atoms with Gasteiger partial charge in [0, 0.05) is 33.3 Å². The van der Waals surface area contributed by atoms with Gasteiger partial charge in [-0.3, -0.25) is 0 Å². The van der Waals surface area contributed by atoms with Crippen molar-refractivity contribution in [2.24, 2.45) is 4.99 Å². The van der Waals surface area contributed by atoms with E-state index in [1.54, 1.807) is 0 Å². The molecule has 0 fully saturated rings. The fraction of sp³-hybridized carbons (Fsp3) is 0.0208. The van der Waals surface area contributed by atoms with Crippen LogP contribution in [0, 0.1) is 0 Å². The second kappa shape index (κ2) is 12.4. The molecule has 1 aromatic heterocycles. The third-order valence-corrected chi connectivity index (χ3v) is 10.2. The van der Waals surface area contributed by atoms with Gasteiger partial charge in [0.1, 0.15) is 6.17 Å². The molecule has 4 nitrogen and oxygen atoms in total. The molecule has 0 aliphatic carbocycles.